The number of carbonyl (C=O) groups is 1. The second kappa shape index (κ2) is 12.0. The van der Waals surface area contributed by atoms with E-state index in [9.17, 15) is 14.3 Å². The second-order valence-corrected chi connectivity index (χ2v) is 10.4. The molecule has 0 spiro atoms. The average molecular weight is 595 g/mol. The van der Waals surface area contributed by atoms with Gasteiger partial charge in [-0.3, -0.25) is 0 Å². The lowest BCUT2D eigenvalue weighted by Crippen LogP contribution is -2.11. The fourth-order valence-corrected chi connectivity index (χ4v) is 5.04. The lowest BCUT2D eigenvalue weighted by atomic mass is 10.1. The maximum absolute atomic E-state index is 15.6. The highest BCUT2D eigenvalue weighted by Gasteiger charge is 2.18. The monoisotopic (exact) mass is 594 g/mol. The lowest BCUT2D eigenvalue weighted by Gasteiger charge is -2.12. The van der Waals surface area contributed by atoms with Gasteiger partial charge in [0, 0.05) is 30.2 Å². The van der Waals surface area contributed by atoms with Crippen LogP contribution < -0.4 is 4.74 Å². The fraction of sp³-hybridized carbons (Fsp3) is 0.182. The van der Waals surface area contributed by atoms with Gasteiger partial charge in [0.25, 0.3) is 0 Å². The van der Waals surface area contributed by atoms with Gasteiger partial charge in [0.2, 0.25) is 5.88 Å². The minimum atomic E-state index is -1.05. The van der Waals surface area contributed by atoms with Gasteiger partial charge in [0.1, 0.15) is 24.1 Å². The molecule has 3 aromatic carbocycles. The number of hydrogen-bond acceptors (Lipinski definition) is 6. The summed E-state index contributed by atoms with van der Waals surface area (Å²) < 4.78 is 39.2. The number of imidazole rings is 1. The molecule has 0 atom stereocenters. The zero-order chi connectivity index (χ0) is 30.8. The molecule has 44 heavy (non-hydrogen) atoms. The Bertz CT molecular complexity index is 2000. The summed E-state index contributed by atoms with van der Waals surface area (Å²) in [6.45, 7) is 4.72. The van der Waals surface area contributed by atoms with Crippen LogP contribution in [-0.4, -0.2) is 40.6 Å². The topological polar surface area (TPSA) is 108 Å². The normalized spacial score (nSPS) is 11.3. The summed E-state index contributed by atoms with van der Waals surface area (Å²) >= 11 is 0. The first-order valence-electron chi connectivity index (χ1n) is 14.0. The number of benzene rings is 3. The van der Waals surface area contributed by atoms with Crippen molar-refractivity contribution in [3.8, 4) is 17.1 Å². The van der Waals surface area contributed by atoms with Crippen LogP contribution in [0.4, 0.5) is 8.78 Å². The van der Waals surface area contributed by atoms with Gasteiger partial charge < -0.3 is 14.4 Å². The maximum Gasteiger partial charge on any atom is 0.335 e. The van der Waals surface area contributed by atoms with E-state index in [-0.39, 0.29) is 24.4 Å². The Morgan fingerprint density at radius 2 is 1.77 bits per heavy atom. The number of carboxylic acids is 1. The van der Waals surface area contributed by atoms with Crippen LogP contribution in [0.2, 0.25) is 0 Å². The molecule has 0 fully saturated rings. The number of aromatic nitrogens is 6. The van der Waals surface area contributed by atoms with Crippen molar-refractivity contribution < 1.29 is 23.4 Å². The molecule has 0 radical (unpaired) electrons. The Morgan fingerprint density at radius 3 is 2.55 bits per heavy atom. The van der Waals surface area contributed by atoms with E-state index in [1.807, 2.05) is 24.5 Å². The molecule has 0 unspecified atom stereocenters. The van der Waals surface area contributed by atoms with Crippen LogP contribution in [0.25, 0.3) is 22.3 Å². The van der Waals surface area contributed by atoms with Crippen LogP contribution in [0, 0.1) is 18.6 Å². The number of aromatic carboxylic acids is 1. The molecule has 222 valence electrons. The Kier molecular flexibility index (Phi) is 7.84. The molecular weight excluding hydrogens is 566 g/mol. The Morgan fingerprint density at radius 1 is 0.955 bits per heavy atom. The molecular formula is C33H28F2N6O3. The number of hydrogen-bond donors (Lipinski definition) is 1. The molecule has 0 saturated carbocycles. The van der Waals surface area contributed by atoms with Crippen LogP contribution in [0.1, 0.15) is 45.5 Å². The minimum Gasteiger partial charge on any atom is -0.478 e. The Hall–Kier alpha value is -5.45. The first-order valence-corrected chi connectivity index (χ1v) is 14.0. The number of nitrogens with zero attached hydrogens (tertiary/aromatic N) is 6. The number of halogens is 2. The zero-order valence-electron chi connectivity index (χ0n) is 24.0. The summed E-state index contributed by atoms with van der Waals surface area (Å²) in [6, 6.07) is 19.7. The van der Waals surface area contributed by atoms with E-state index in [0.29, 0.717) is 58.2 Å². The molecule has 0 bridgehead atoms. The van der Waals surface area contributed by atoms with E-state index < -0.39 is 11.8 Å². The molecule has 0 aliphatic rings. The van der Waals surface area contributed by atoms with Crippen LogP contribution >= 0.6 is 0 Å². The number of pyridine rings is 1. The molecule has 3 aromatic heterocycles. The molecule has 0 saturated heterocycles. The Balaban J connectivity index is 1.27. The highest BCUT2D eigenvalue weighted by molar-refractivity contribution is 5.92. The van der Waals surface area contributed by atoms with Crippen molar-refractivity contribution in [3.63, 3.8) is 0 Å². The standard InChI is InChI=1S/C33H28F2N6O3/c1-3-41-25(17-36-39-41)18-40-30-15-23(33(42)43)11-12-29(30)37-31(40)16-21-9-10-22(14-27(21)35)28-5-4-6-32(38-28)44-19-24-8-7-20(2)13-26(24)34/h4-15,17H,3,16,18-19H2,1-2H3,(H,42,43). The lowest BCUT2D eigenvalue weighted by molar-refractivity contribution is 0.0697. The van der Waals surface area contributed by atoms with Gasteiger partial charge in [0.05, 0.1) is 40.7 Å². The van der Waals surface area contributed by atoms with Crippen LogP contribution in [0.3, 0.4) is 0 Å². The van der Waals surface area contributed by atoms with E-state index in [4.69, 9.17) is 9.72 Å². The third-order valence-electron chi connectivity index (χ3n) is 7.40. The van der Waals surface area contributed by atoms with Crippen LogP contribution in [0.5, 0.6) is 5.88 Å². The minimum absolute atomic E-state index is 0.0138. The Labute approximate surface area is 251 Å². The molecule has 6 aromatic rings. The second-order valence-electron chi connectivity index (χ2n) is 10.4. The van der Waals surface area contributed by atoms with Crippen molar-refractivity contribution in [2.45, 2.75) is 40.0 Å². The molecule has 0 aliphatic carbocycles. The largest absolute Gasteiger partial charge is 0.478 e. The maximum atomic E-state index is 15.6. The summed E-state index contributed by atoms with van der Waals surface area (Å²) in [4.78, 5) is 20.9. The summed E-state index contributed by atoms with van der Waals surface area (Å²) in [5, 5.41) is 17.7. The van der Waals surface area contributed by atoms with E-state index >= 15 is 4.39 Å². The average Bonchev–Trinajstić information content (AvgIpc) is 3.61. The van der Waals surface area contributed by atoms with E-state index in [2.05, 4.69) is 15.3 Å². The van der Waals surface area contributed by atoms with Crippen molar-refractivity contribution in [3.05, 3.63) is 124 Å². The zero-order valence-corrected chi connectivity index (χ0v) is 24.0. The number of rotatable bonds is 10. The molecule has 0 amide bonds. The van der Waals surface area contributed by atoms with Gasteiger partial charge in [0.15, 0.2) is 0 Å². The van der Waals surface area contributed by atoms with Crippen molar-refractivity contribution >= 4 is 17.0 Å². The third kappa shape index (κ3) is 5.89. The number of carboxylic acid groups (broad SMARTS) is 1. The van der Waals surface area contributed by atoms with E-state index in [0.717, 1.165) is 11.3 Å². The third-order valence-corrected chi connectivity index (χ3v) is 7.40. The van der Waals surface area contributed by atoms with Crippen molar-refractivity contribution in [1.29, 1.82) is 0 Å². The first kappa shape index (κ1) is 28.7. The van der Waals surface area contributed by atoms with Crippen LogP contribution in [-0.2, 0) is 26.1 Å². The molecule has 11 heteroatoms. The first-order chi connectivity index (χ1) is 21.3. The van der Waals surface area contributed by atoms with Crippen molar-refractivity contribution in [1.82, 2.24) is 29.5 Å². The smallest absolute Gasteiger partial charge is 0.335 e. The number of ether oxygens (including phenoxy) is 1. The summed E-state index contributed by atoms with van der Waals surface area (Å²) in [5.41, 5.74) is 4.86. The van der Waals surface area contributed by atoms with E-state index in [1.54, 1.807) is 59.4 Å². The number of aryl methyl sites for hydroxylation is 2. The molecule has 9 nitrogen and oxygen atoms in total. The molecule has 3 heterocycles. The predicted molar refractivity (Wildman–Crippen MR) is 159 cm³/mol. The van der Waals surface area contributed by atoms with Gasteiger partial charge in [-0.1, -0.05) is 35.5 Å². The van der Waals surface area contributed by atoms with Crippen LogP contribution in [0.15, 0.2) is 79.0 Å². The number of fused-ring (bicyclic) bond motifs is 1. The van der Waals surface area contributed by atoms with Crippen molar-refractivity contribution in [2.75, 3.05) is 0 Å². The SMILES string of the molecule is CCn1nncc1Cn1c(Cc2ccc(-c3cccc(OCc4ccc(C)cc4F)n3)cc2F)nc2ccc(C(=O)O)cc21. The highest BCUT2D eigenvalue weighted by Crippen LogP contribution is 2.26. The summed E-state index contributed by atoms with van der Waals surface area (Å²) in [6.07, 6.45) is 1.81. The fourth-order valence-electron chi connectivity index (χ4n) is 5.04. The van der Waals surface area contributed by atoms with Gasteiger partial charge in [-0.15, -0.1) is 5.10 Å². The predicted octanol–water partition coefficient (Wildman–Crippen LogP) is 6.21. The molecule has 6 rings (SSSR count). The van der Waals surface area contributed by atoms with Gasteiger partial charge >= 0.3 is 5.97 Å². The highest BCUT2D eigenvalue weighted by atomic mass is 19.1. The molecule has 1 N–H and O–H groups in total. The molecule has 0 aliphatic heterocycles. The van der Waals surface area contributed by atoms with Gasteiger partial charge in [-0.2, -0.15) is 0 Å². The van der Waals surface area contributed by atoms with Crippen molar-refractivity contribution in [2.24, 2.45) is 0 Å². The van der Waals surface area contributed by atoms with Gasteiger partial charge in [-0.05, 0) is 61.4 Å². The summed E-state index contributed by atoms with van der Waals surface area (Å²) in [7, 11) is 0. The quantitative estimate of drug-likeness (QED) is 0.201. The van der Waals surface area contributed by atoms with E-state index in [1.165, 1.54) is 18.2 Å². The van der Waals surface area contributed by atoms with Gasteiger partial charge in [-0.25, -0.2) is 28.2 Å². The summed E-state index contributed by atoms with van der Waals surface area (Å²) in [5.74, 6) is -0.976.